The molecule has 0 aliphatic heterocycles. The highest BCUT2D eigenvalue weighted by Crippen LogP contribution is 2.33. The maximum absolute atomic E-state index is 13.6. The number of halogens is 2. The molecule has 31 heavy (non-hydrogen) atoms. The summed E-state index contributed by atoms with van der Waals surface area (Å²) in [6.07, 6.45) is 2.41. The molecule has 158 valence electrons. The van der Waals surface area contributed by atoms with Gasteiger partial charge in [-0.15, -0.1) is 0 Å². The standard InChI is InChI=1S/C22H16F2N2O4S/c1-31(28,29)26-15-5-2-4-14(11-15)25-22(27)17-7-3-6-16-18(12-30-21(16)17)13-8-9-19(23)20(24)10-13/h2-12,26H,1H3,(H,25,27). The molecule has 0 aliphatic rings. The van der Waals surface area contributed by atoms with Gasteiger partial charge < -0.3 is 9.73 Å². The van der Waals surface area contributed by atoms with E-state index in [1.165, 1.54) is 18.4 Å². The van der Waals surface area contributed by atoms with Crippen LogP contribution in [0, 0.1) is 11.6 Å². The van der Waals surface area contributed by atoms with Gasteiger partial charge in [0.25, 0.3) is 5.91 Å². The van der Waals surface area contributed by atoms with Gasteiger partial charge in [-0.25, -0.2) is 17.2 Å². The lowest BCUT2D eigenvalue weighted by molar-refractivity contribution is 0.102. The number of amides is 1. The topological polar surface area (TPSA) is 88.4 Å². The fraction of sp³-hybridized carbons (Fsp3) is 0.0455. The van der Waals surface area contributed by atoms with Crippen LogP contribution in [0.1, 0.15) is 10.4 Å². The zero-order valence-corrected chi connectivity index (χ0v) is 17.0. The van der Waals surface area contributed by atoms with Crippen molar-refractivity contribution in [1.82, 2.24) is 0 Å². The highest BCUT2D eigenvalue weighted by atomic mass is 32.2. The second-order valence-corrected chi connectivity index (χ2v) is 8.62. The van der Waals surface area contributed by atoms with Gasteiger partial charge in [0.15, 0.2) is 11.6 Å². The highest BCUT2D eigenvalue weighted by Gasteiger charge is 2.17. The van der Waals surface area contributed by atoms with Gasteiger partial charge in [-0.1, -0.05) is 24.3 Å². The van der Waals surface area contributed by atoms with E-state index in [1.807, 2.05) is 0 Å². The summed E-state index contributed by atoms with van der Waals surface area (Å²) in [5, 5.41) is 3.26. The van der Waals surface area contributed by atoms with E-state index in [9.17, 15) is 22.0 Å². The van der Waals surface area contributed by atoms with Crippen molar-refractivity contribution in [3.63, 3.8) is 0 Å². The SMILES string of the molecule is CS(=O)(=O)Nc1cccc(NC(=O)c2cccc3c(-c4ccc(F)c(F)c4)coc23)c1. The minimum atomic E-state index is -3.46. The van der Waals surface area contributed by atoms with E-state index >= 15 is 0 Å². The van der Waals surface area contributed by atoms with Crippen molar-refractivity contribution >= 4 is 38.3 Å². The molecule has 0 atom stereocenters. The van der Waals surface area contributed by atoms with Crippen LogP contribution in [0.4, 0.5) is 20.2 Å². The van der Waals surface area contributed by atoms with Crippen LogP contribution in [0.5, 0.6) is 0 Å². The van der Waals surface area contributed by atoms with Crippen LogP contribution in [0.25, 0.3) is 22.1 Å². The molecule has 0 aliphatic carbocycles. The number of carbonyl (C=O) groups is 1. The van der Waals surface area contributed by atoms with E-state index in [-0.39, 0.29) is 11.1 Å². The van der Waals surface area contributed by atoms with Crippen LogP contribution in [0.3, 0.4) is 0 Å². The number of sulfonamides is 1. The molecule has 0 fully saturated rings. The Hall–Kier alpha value is -3.72. The fourth-order valence-electron chi connectivity index (χ4n) is 3.20. The largest absolute Gasteiger partial charge is 0.463 e. The monoisotopic (exact) mass is 442 g/mol. The van der Waals surface area contributed by atoms with Gasteiger partial charge in [-0.05, 0) is 42.0 Å². The predicted molar refractivity (Wildman–Crippen MR) is 114 cm³/mol. The lowest BCUT2D eigenvalue weighted by Gasteiger charge is -2.09. The number of nitrogens with one attached hydrogen (secondary N) is 2. The number of hydrogen-bond acceptors (Lipinski definition) is 4. The van der Waals surface area contributed by atoms with Crippen molar-refractivity contribution in [2.75, 3.05) is 16.3 Å². The summed E-state index contributed by atoms with van der Waals surface area (Å²) in [5.74, 6) is -2.42. The maximum Gasteiger partial charge on any atom is 0.259 e. The van der Waals surface area contributed by atoms with Crippen molar-refractivity contribution in [2.24, 2.45) is 0 Å². The molecular weight excluding hydrogens is 426 g/mol. The molecule has 0 radical (unpaired) electrons. The first-order valence-corrected chi connectivity index (χ1v) is 11.0. The zero-order valence-electron chi connectivity index (χ0n) is 16.1. The summed E-state index contributed by atoms with van der Waals surface area (Å²) in [7, 11) is -3.46. The molecule has 4 aromatic rings. The van der Waals surface area contributed by atoms with Gasteiger partial charge in [-0.2, -0.15) is 0 Å². The van der Waals surface area contributed by atoms with Crippen LogP contribution in [-0.4, -0.2) is 20.6 Å². The molecule has 1 heterocycles. The fourth-order valence-corrected chi connectivity index (χ4v) is 3.75. The summed E-state index contributed by atoms with van der Waals surface area (Å²) in [6.45, 7) is 0. The first-order chi connectivity index (χ1) is 14.7. The van der Waals surface area contributed by atoms with Crippen molar-refractivity contribution in [3.05, 3.63) is 84.1 Å². The molecule has 3 aromatic carbocycles. The third-order valence-electron chi connectivity index (χ3n) is 4.50. The molecule has 4 rings (SSSR count). The van der Waals surface area contributed by atoms with E-state index in [0.717, 1.165) is 18.4 Å². The van der Waals surface area contributed by atoms with Crippen molar-refractivity contribution in [2.45, 2.75) is 0 Å². The van der Waals surface area contributed by atoms with Crippen LogP contribution in [0.15, 0.2) is 71.3 Å². The summed E-state index contributed by atoms with van der Waals surface area (Å²) in [4.78, 5) is 12.8. The summed E-state index contributed by atoms with van der Waals surface area (Å²) in [5.41, 5.74) is 2.12. The van der Waals surface area contributed by atoms with E-state index < -0.39 is 27.6 Å². The summed E-state index contributed by atoms with van der Waals surface area (Å²) >= 11 is 0. The second-order valence-electron chi connectivity index (χ2n) is 6.87. The van der Waals surface area contributed by atoms with Crippen LogP contribution >= 0.6 is 0 Å². The number of rotatable bonds is 5. The third kappa shape index (κ3) is 4.41. The predicted octanol–water partition coefficient (Wildman–Crippen LogP) is 5.00. The Morgan fingerprint density at radius 2 is 1.68 bits per heavy atom. The van der Waals surface area contributed by atoms with Crippen LogP contribution in [0.2, 0.25) is 0 Å². The normalized spacial score (nSPS) is 11.5. The van der Waals surface area contributed by atoms with E-state index in [4.69, 9.17) is 4.42 Å². The van der Waals surface area contributed by atoms with E-state index in [0.29, 0.717) is 27.9 Å². The lowest BCUT2D eigenvalue weighted by atomic mass is 10.0. The smallest absolute Gasteiger partial charge is 0.259 e. The third-order valence-corrected chi connectivity index (χ3v) is 5.11. The Kier molecular flexibility index (Phi) is 5.20. The first kappa shape index (κ1) is 20.5. The molecule has 0 unspecified atom stereocenters. The first-order valence-electron chi connectivity index (χ1n) is 9.06. The number of fused-ring (bicyclic) bond motifs is 1. The minimum absolute atomic E-state index is 0.229. The molecule has 0 spiro atoms. The zero-order chi connectivity index (χ0) is 22.2. The second kappa shape index (κ2) is 7.84. The quantitative estimate of drug-likeness (QED) is 0.455. The van der Waals surface area contributed by atoms with Gasteiger partial charge in [-0.3, -0.25) is 9.52 Å². The van der Waals surface area contributed by atoms with Gasteiger partial charge >= 0.3 is 0 Å². The van der Waals surface area contributed by atoms with Crippen molar-refractivity contribution < 1.29 is 26.4 Å². The molecule has 6 nitrogen and oxygen atoms in total. The van der Waals surface area contributed by atoms with E-state index in [2.05, 4.69) is 10.0 Å². The van der Waals surface area contributed by atoms with Crippen molar-refractivity contribution in [3.8, 4) is 11.1 Å². The Morgan fingerprint density at radius 3 is 2.42 bits per heavy atom. The van der Waals surface area contributed by atoms with Crippen LogP contribution in [-0.2, 0) is 10.0 Å². The Bertz CT molecular complexity index is 1410. The summed E-state index contributed by atoms with van der Waals surface area (Å²) in [6, 6.07) is 14.7. The molecular formula is C22H16F2N2O4S. The summed E-state index contributed by atoms with van der Waals surface area (Å²) < 4.78 is 57.6. The van der Waals surface area contributed by atoms with Crippen molar-refractivity contribution in [1.29, 1.82) is 0 Å². The molecule has 2 N–H and O–H groups in total. The van der Waals surface area contributed by atoms with Crippen LogP contribution < -0.4 is 10.0 Å². The molecule has 0 bridgehead atoms. The highest BCUT2D eigenvalue weighted by molar-refractivity contribution is 7.92. The molecule has 1 amide bonds. The van der Waals surface area contributed by atoms with Gasteiger partial charge in [0.1, 0.15) is 5.58 Å². The molecule has 0 saturated carbocycles. The van der Waals surface area contributed by atoms with Gasteiger partial charge in [0.2, 0.25) is 10.0 Å². The minimum Gasteiger partial charge on any atom is -0.463 e. The average molecular weight is 442 g/mol. The number of anilines is 2. The van der Waals surface area contributed by atoms with E-state index in [1.54, 1.807) is 36.4 Å². The molecule has 0 saturated heterocycles. The average Bonchev–Trinajstić information content (AvgIpc) is 3.13. The Labute approximate surface area is 176 Å². The number of carbonyl (C=O) groups excluding carboxylic acids is 1. The lowest BCUT2D eigenvalue weighted by Crippen LogP contribution is -2.13. The maximum atomic E-state index is 13.6. The number of para-hydroxylation sites is 1. The Balaban J connectivity index is 1.66. The number of furan rings is 1. The molecule has 9 heteroatoms. The van der Waals surface area contributed by atoms with Gasteiger partial charge in [0.05, 0.1) is 23.8 Å². The molecule has 1 aromatic heterocycles. The number of benzene rings is 3. The van der Waals surface area contributed by atoms with Gasteiger partial charge in [0, 0.05) is 16.6 Å². The Morgan fingerprint density at radius 1 is 0.935 bits per heavy atom. The number of hydrogen-bond donors (Lipinski definition) is 2.